The molecule has 0 fully saturated rings. The maximum atomic E-state index is 12.6. The number of carbonyl (C=O) groups excluding carboxylic acids is 1. The lowest BCUT2D eigenvalue weighted by atomic mass is 10.0. The van der Waals surface area contributed by atoms with Gasteiger partial charge in [-0.05, 0) is 17.7 Å². The first-order valence-electron chi connectivity index (χ1n) is 4.38. The van der Waals surface area contributed by atoms with Crippen LogP contribution in [0.25, 0.3) is 0 Å². The number of nitrogens with two attached hydrogens (primary N) is 1. The zero-order valence-corrected chi connectivity index (χ0v) is 8.47. The first kappa shape index (κ1) is 12.5. The summed E-state index contributed by atoms with van der Waals surface area (Å²) in [5, 5.41) is 0. The molecule has 1 rings (SSSR count). The van der Waals surface area contributed by atoms with Crippen molar-refractivity contribution < 1.29 is 22.7 Å². The van der Waals surface area contributed by atoms with Crippen LogP contribution in [0.2, 0.25) is 0 Å². The lowest BCUT2D eigenvalue weighted by Gasteiger charge is -2.12. The molecule has 0 aliphatic carbocycles. The largest absolute Gasteiger partial charge is 0.465 e. The summed E-state index contributed by atoms with van der Waals surface area (Å²) in [7, 11) is 1.03. The molecule has 0 aliphatic heterocycles. The Bertz CT molecular complexity index is 402. The lowest BCUT2D eigenvalue weighted by Crippen LogP contribution is -2.15. The second-order valence-electron chi connectivity index (χ2n) is 3.07. The summed E-state index contributed by atoms with van der Waals surface area (Å²) >= 11 is 0. The molecular weight excluding hydrogens is 223 g/mol. The van der Waals surface area contributed by atoms with E-state index in [-0.39, 0.29) is 6.54 Å². The van der Waals surface area contributed by atoms with Crippen molar-refractivity contribution in [2.75, 3.05) is 7.11 Å². The molecule has 0 spiro atoms. The van der Waals surface area contributed by atoms with Gasteiger partial charge < -0.3 is 10.5 Å². The Kier molecular flexibility index (Phi) is 3.54. The molecular formula is C10H10F3NO2. The standard InChI is InChI=1S/C10H10F3NO2/c1-16-9(15)7-3-2-6(5-14)4-8(7)10(11,12)13/h2-4H,5,14H2,1H3. The third-order valence-corrected chi connectivity index (χ3v) is 2.03. The SMILES string of the molecule is COC(=O)c1ccc(CN)cc1C(F)(F)F. The van der Waals surface area contributed by atoms with Gasteiger partial charge >= 0.3 is 12.1 Å². The molecule has 0 amide bonds. The average molecular weight is 233 g/mol. The van der Waals surface area contributed by atoms with Crippen LogP contribution in [-0.4, -0.2) is 13.1 Å². The van der Waals surface area contributed by atoms with E-state index in [0.29, 0.717) is 5.56 Å². The molecule has 16 heavy (non-hydrogen) atoms. The number of hydrogen-bond donors (Lipinski definition) is 1. The topological polar surface area (TPSA) is 52.3 Å². The van der Waals surface area contributed by atoms with Gasteiger partial charge in [0.25, 0.3) is 0 Å². The van der Waals surface area contributed by atoms with E-state index >= 15 is 0 Å². The van der Waals surface area contributed by atoms with Gasteiger partial charge in [0.05, 0.1) is 18.2 Å². The van der Waals surface area contributed by atoms with E-state index in [4.69, 9.17) is 5.73 Å². The molecule has 88 valence electrons. The summed E-state index contributed by atoms with van der Waals surface area (Å²) in [4.78, 5) is 11.1. The fourth-order valence-corrected chi connectivity index (χ4v) is 1.24. The first-order chi connectivity index (χ1) is 7.40. The Balaban J connectivity index is 3.33. The number of ether oxygens (including phenoxy) is 1. The van der Waals surface area contributed by atoms with Crippen LogP contribution in [0.15, 0.2) is 18.2 Å². The van der Waals surface area contributed by atoms with Crippen LogP contribution in [0.1, 0.15) is 21.5 Å². The maximum Gasteiger partial charge on any atom is 0.417 e. The van der Waals surface area contributed by atoms with Crippen molar-refractivity contribution >= 4 is 5.97 Å². The number of halogens is 3. The van der Waals surface area contributed by atoms with Gasteiger partial charge in [0.2, 0.25) is 0 Å². The number of esters is 1. The second-order valence-corrected chi connectivity index (χ2v) is 3.07. The van der Waals surface area contributed by atoms with Gasteiger partial charge in [0.15, 0.2) is 0 Å². The highest BCUT2D eigenvalue weighted by atomic mass is 19.4. The Labute approximate surface area is 90.0 Å². The van der Waals surface area contributed by atoms with Gasteiger partial charge in [-0.25, -0.2) is 4.79 Å². The van der Waals surface area contributed by atoms with Crippen molar-refractivity contribution in [3.8, 4) is 0 Å². The van der Waals surface area contributed by atoms with Gasteiger partial charge in [-0.2, -0.15) is 13.2 Å². The predicted octanol–water partition coefficient (Wildman–Crippen LogP) is 1.95. The summed E-state index contributed by atoms with van der Waals surface area (Å²) in [5.41, 5.74) is 4.01. The summed E-state index contributed by atoms with van der Waals surface area (Å²) < 4.78 is 42.1. The normalized spacial score (nSPS) is 11.3. The lowest BCUT2D eigenvalue weighted by molar-refractivity contribution is -0.138. The van der Waals surface area contributed by atoms with Gasteiger partial charge in [0.1, 0.15) is 0 Å². The Hall–Kier alpha value is -1.56. The van der Waals surface area contributed by atoms with Crippen LogP contribution >= 0.6 is 0 Å². The molecule has 0 saturated carbocycles. The molecule has 2 N–H and O–H groups in total. The highest BCUT2D eigenvalue weighted by molar-refractivity contribution is 5.91. The molecule has 0 bridgehead atoms. The molecule has 0 heterocycles. The van der Waals surface area contributed by atoms with Crippen LogP contribution in [0.3, 0.4) is 0 Å². The Morgan fingerprint density at radius 1 is 1.44 bits per heavy atom. The minimum absolute atomic E-state index is 0.0233. The average Bonchev–Trinajstić information content (AvgIpc) is 2.26. The summed E-state index contributed by atoms with van der Waals surface area (Å²) in [5.74, 6) is -1.02. The van der Waals surface area contributed by atoms with E-state index in [9.17, 15) is 18.0 Å². The summed E-state index contributed by atoms with van der Waals surface area (Å²) in [6.07, 6.45) is -4.60. The quantitative estimate of drug-likeness (QED) is 0.794. The Morgan fingerprint density at radius 3 is 2.50 bits per heavy atom. The van der Waals surface area contributed by atoms with Crippen molar-refractivity contribution in [2.45, 2.75) is 12.7 Å². The van der Waals surface area contributed by atoms with E-state index in [0.717, 1.165) is 19.2 Å². The fourth-order valence-electron chi connectivity index (χ4n) is 1.24. The summed E-state index contributed by atoms with van der Waals surface area (Å²) in [6, 6.07) is 3.28. The third-order valence-electron chi connectivity index (χ3n) is 2.03. The summed E-state index contributed by atoms with van der Waals surface area (Å²) in [6.45, 7) is -0.0233. The molecule has 0 aromatic heterocycles. The van der Waals surface area contributed by atoms with Gasteiger partial charge in [-0.3, -0.25) is 0 Å². The fraction of sp³-hybridized carbons (Fsp3) is 0.300. The van der Waals surface area contributed by atoms with Crippen molar-refractivity contribution in [1.29, 1.82) is 0 Å². The maximum absolute atomic E-state index is 12.6. The third kappa shape index (κ3) is 2.52. The van der Waals surface area contributed by atoms with E-state index < -0.39 is 23.3 Å². The smallest absolute Gasteiger partial charge is 0.417 e. The number of alkyl halides is 3. The molecule has 3 nitrogen and oxygen atoms in total. The van der Waals surface area contributed by atoms with Crippen molar-refractivity contribution in [3.05, 3.63) is 34.9 Å². The van der Waals surface area contributed by atoms with Crippen LogP contribution in [0.4, 0.5) is 13.2 Å². The molecule has 0 unspecified atom stereocenters. The monoisotopic (exact) mass is 233 g/mol. The molecule has 0 radical (unpaired) electrons. The number of hydrogen-bond acceptors (Lipinski definition) is 3. The van der Waals surface area contributed by atoms with E-state index in [1.165, 1.54) is 6.07 Å². The Morgan fingerprint density at radius 2 is 2.06 bits per heavy atom. The van der Waals surface area contributed by atoms with Gasteiger partial charge in [0, 0.05) is 6.54 Å². The molecule has 0 aliphatic rings. The van der Waals surface area contributed by atoms with Crippen molar-refractivity contribution in [2.24, 2.45) is 5.73 Å². The zero-order valence-electron chi connectivity index (χ0n) is 8.47. The van der Waals surface area contributed by atoms with Crippen LogP contribution in [-0.2, 0) is 17.5 Å². The molecule has 0 atom stereocenters. The van der Waals surface area contributed by atoms with Gasteiger partial charge in [-0.1, -0.05) is 6.07 Å². The van der Waals surface area contributed by atoms with Crippen molar-refractivity contribution in [1.82, 2.24) is 0 Å². The van der Waals surface area contributed by atoms with Crippen LogP contribution in [0.5, 0.6) is 0 Å². The predicted molar refractivity (Wildman–Crippen MR) is 50.7 cm³/mol. The first-order valence-corrected chi connectivity index (χ1v) is 4.38. The number of rotatable bonds is 2. The molecule has 6 heteroatoms. The van der Waals surface area contributed by atoms with E-state index in [2.05, 4.69) is 4.74 Å². The molecule has 1 aromatic rings. The van der Waals surface area contributed by atoms with Crippen molar-refractivity contribution in [3.63, 3.8) is 0 Å². The highest BCUT2D eigenvalue weighted by Gasteiger charge is 2.35. The molecule has 1 aromatic carbocycles. The molecule has 0 saturated heterocycles. The number of methoxy groups -OCH3 is 1. The minimum Gasteiger partial charge on any atom is -0.465 e. The van der Waals surface area contributed by atoms with E-state index in [1.54, 1.807) is 0 Å². The number of benzene rings is 1. The van der Waals surface area contributed by atoms with Crippen LogP contribution < -0.4 is 5.73 Å². The van der Waals surface area contributed by atoms with E-state index in [1.807, 2.05) is 0 Å². The minimum atomic E-state index is -4.60. The highest BCUT2D eigenvalue weighted by Crippen LogP contribution is 2.33. The zero-order chi connectivity index (χ0) is 12.3. The van der Waals surface area contributed by atoms with Gasteiger partial charge in [-0.15, -0.1) is 0 Å². The number of carbonyl (C=O) groups is 1. The van der Waals surface area contributed by atoms with Crippen LogP contribution in [0, 0.1) is 0 Å². The second kappa shape index (κ2) is 4.52.